The highest BCUT2D eigenvalue weighted by atomic mass is 32.1. The summed E-state index contributed by atoms with van der Waals surface area (Å²) in [5.41, 5.74) is 0. The number of Topliss-reactive ketones (excluding diaryl/α,β-unsaturated/α-hetero) is 1. The second kappa shape index (κ2) is 7.13. The van der Waals surface area contributed by atoms with Crippen LogP contribution in [0.15, 0.2) is 18.2 Å². The van der Waals surface area contributed by atoms with Gasteiger partial charge in [-0.1, -0.05) is 26.7 Å². The van der Waals surface area contributed by atoms with Gasteiger partial charge in [0.05, 0.1) is 0 Å². The second-order valence-electron chi connectivity index (χ2n) is 5.57. The standard InChI is InChI=1S/C15H20FNO3S/c1-9(2)15(18)8-19-12-3-10(16)4-13(7-12)20-14-5-11(6-14)17-21/h3-4,7,9,11,14,17,21H,5-6,8H2,1-2H3. The van der Waals surface area contributed by atoms with Gasteiger partial charge in [0, 0.05) is 43.0 Å². The average Bonchev–Trinajstić information content (AvgIpc) is 2.39. The van der Waals surface area contributed by atoms with Crippen LogP contribution in [0, 0.1) is 11.7 Å². The van der Waals surface area contributed by atoms with Crippen molar-refractivity contribution in [2.75, 3.05) is 6.61 Å². The fourth-order valence-electron chi connectivity index (χ4n) is 1.97. The number of hydrogen-bond donors (Lipinski definition) is 2. The number of thiol groups is 1. The number of ketones is 1. The lowest BCUT2D eigenvalue weighted by atomic mass is 9.90. The van der Waals surface area contributed by atoms with E-state index in [1.165, 1.54) is 12.1 Å². The first-order chi connectivity index (χ1) is 9.97. The highest BCUT2D eigenvalue weighted by molar-refractivity contribution is 7.78. The lowest BCUT2D eigenvalue weighted by molar-refractivity contribution is -0.123. The summed E-state index contributed by atoms with van der Waals surface area (Å²) in [5, 5.41) is 0. The summed E-state index contributed by atoms with van der Waals surface area (Å²) < 4.78 is 27.4. The highest BCUT2D eigenvalue weighted by Gasteiger charge is 2.30. The summed E-state index contributed by atoms with van der Waals surface area (Å²) in [6.07, 6.45) is 1.73. The molecule has 1 aromatic rings. The van der Waals surface area contributed by atoms with Crippen molar-refractivity contribution >= 4 is 18.6 Å². The maximum Gasteiger partial charge on any atom is 0.172 e. The van der Waals surface area contributed by atoms with Crippen LogP contribution in [-0.2, 0) is 4.79 Å². The van der Waals surface area contributed by atoms with E-state index in [2.05, 4.69) is 17.5 Å². The molecule has 1 aliphatic rings. The molecule has 21 heavy (non-hydrogen) atoms. The maximum absolute atomic E-state index is 13.6. The molecule has 1 fully saturated rings. The Morgan fingerprint density at radius 2 is 2.05 bits per heavy atom. The molecule has 0 aromatic heterocycles. The van der Waals surface area contributed by atoms with Crippen LogP contribution in [0.3, 0.4) is 0 Å². The zero-order chi connectivity index (χ0) is 15.4. The highest BCUT2D eigenvalue weighted by Crippen LogP contribution is 2.29. The van der Waals surface area contributed by atoms with Crippen LogP contribution in [0.5, 0.6) is 11.5 Å². The van der Waals surface area contributed by atoms with Crippen molar-refractivity contribution in [1.82, 2.24) is 4.72 Å². The van der Waals surface area contributed by atoms with Crippen molar-refractivity contribution in [2.45, 2.75) is 38.8 Å². The number of carbonyl (C=O) groups excluding carboxylic acids is 1. The monoisotopic (exact) mass is 313 g/mol. The van der Waals surface area contributed by atoms with Gasteiger partial charge in [0.2, 0.25) is 0 Å². The lowest BCUT2D eigenvalue weighted by Gasteiger charge is -2.34. The molecule has 0 heterocycles. The van der Waals surface area contributed by atoms with Gasteiger partial charge in [0.1, 0.15) is 30.0 Å². The van der Waals surface area contributed by atoms with E-state index in [4.69, 9.17) is 9.47 Å². The molecule has 6 heteroatoms. The number of benzene rings is 1. The Kier molecular flexibility index (Phi) is 5.47. The van der Waals surface area contributed by atoms with Crippen LogP contribution in [0.25, 0.3) is 0 Å². The zero-order valence-electron chi connectivity index (χ0n) is 12.1. The van der Waals surface area contributed by atoms with Gasteiger partial charge < -0.3 is 9.47 Å². The van der Waals surface area contributed by atoms with Gasteiger partial charge in [-0.25, -0.2) is 4.39 Å². The van der Waals surface area contributed by atoms with E-state index in [1.807, 2.05) is 0 Å². The quantitative estimate of drug-likeness (QED) is 0.760. The minimum atomic E-state index is -0.442. The van der Waals surface area contributed by atoms with Gasteiger partial charge in [0.25, 0.3) is 0 Å². The molecule has 4 nitrogen and oxygen atoms in total. The number of ether oxygens (including phenoxy) is 2. The van der Waals surface area contributed by atoms with Crippen molar-refractivity contribution in [2.24, 2.45) is 5.92 Å². The summed E-state index contributed by atoms with van der Waals surface area (Å²) in [4.78, 5) is 11.5. The third-order valence-electron chi connectivity index (χ3n) is 3.45. The Hall–Kier alpha value is -1.27. The summed E-state index contributed by atoms with van der Waals surface area (Å²) in [7, 11) is 0. The molecule has 1 saturated carbocycles. The van der Waals surface area contributed by atoms with Crippen molar-refractivity contribution < 1.29 is 18.7 Å². The molecule has 0 unspecified atom stereocenters. The van der Waals surface area contributed by atoms with Gasteiger partial charge in [-0.2, -0.15) is 0 Å². The van der Waals surface area contributed by atoms with Gasteiger partial charge in [-0.3, -0.25) is 9.52 Å². The Bertz CT molecular complexity index is 504. The summed E-state index contributed by atoms with van der Waals surface area (Å²) in [5.74, 6) is 0.160. The Morgan fingerprint density at radius 1 is 1.38 bits per heavy atom. The third kappa shape index (κ3) is 4.61. The van der Waals surface area contributed by atoms with Crippen molar-refractivity contribution in [3.8, 4) is 11.5 Å². The van der Waals surface area contributed by atoms with Crippen LogP contribution in [0.2, 0.25) is 0 Å². The SMILES string of the molecule is CC(C)C(=O)COc1cc(F)cc(OC2CC(NS)C2)c1. The van der Waals surface area contributed by atoms with E-state index in [1.54, 1.807) is 19.9 Å². The fraction of sp³-hybridized carbons (Fsp3) is 0.533. The first-order valence-corrected chi connectivity index (χ1v) is 7.45. The van der Waals surface area contributed by atoms with E-state index >= 15 is 0 Å². The minimum absolute atomic E-state index is 0.0246. The van der Waals surface area contributed by atoms with Crippen LogP contribution in [0.1, 0.15) is 26.7 Å². The lowest BCUT2D eigenvalue weighted by Crippen LogP contribution is -2.43. The maximum atomic E-state index is 13.6. The molecule has 0 atom stereocenters. The molecule has 0 radical (unpaired) electrons. The molecular weight excluding hydrogens is 293 g/mol. The van der Waals surface area contributed by atoms with E-state index in [9.17, 15) is 9.18 Å². The van der Waals surface area contributed by atoms with Crippen LogP contribution in [0.4, 0.5) is 4.39 Å². The van der Waals surface area contributed by atoms with Gasteiger partial charge in [-0.15, -0.1) is 0 Å². The number of carbonyl (C=O) groups is 1. The Labute approximate surface area is 129 Å². The number of hydrogen-bond acceptors (Lipinski definition) is 5. The van der Waals surface area contributed by atoms with E-state index < -0.39 is 5.82 Å². The van der Waals surface area contributed by atoms with Crippen molar-refractivity contribution in [1.29, 1.82) is 0 Å². The molecule has 1 N–H and O–H groups in total. The summed E-state index contributed by atoms with van der Waals surface area (Å²) in [6, 6.07) is 4.52. The topological polar surface area (TPSA) is 47.6 Å². The second-order valence-corrected chi connectivity index (χ2v) is 5.83. The van der Waals surface area contributed by atoms with Crippen molar-refractivity contribution in [3.63, 3.8) is 0 Å². The first-order valence-electron chi connectivity index (χ1n) is 7.00. The Balaban J connectivity index is 1.92. The van der Waals surface area contributed by atoms with Gasteiger partial charge in [0.15, 0.2) is 5.78 Å². The first kappa shape index (κ1) is 16.1. The largest absolute Gasteiger partial charge is 0.490 e. The molecule has 116 valence electrons. The van der Waals surface area contributed by atoms with Crippen LogP contribution >= 0.6 is 12.8 Å². The Morgan fingerprint density at radius 3 is 2.67 bits per heavy atom. The molecule has 0 bridgehead atoms. The molecule has 0 spiro atoms. The molecule has 1 aliphatic carbocycles. The van der Waals surface area contributed by atoms with Crippen LogP contribution < -0.4 is 14.2 Å². The molecule has 0 saturated heterocycles. The normalized spacial score (nSPS) is 21.0. The van der Waals surface area contributed by atoms with E-state index in [-0.39, 0.29) is 24.4 Å². The predicted octanol–water partition coefficient (Wildman–Crippen LogP) is 2.77. The van der Waals surface area contributed by atoms with Crippen molar-refractivity contribution in [3.05, 3.63) is 24.0 Å². The number of rotatable bonds is 7. The summed E-state index contributed by atoms with van der Waals surface area (Å²) in [6.45, 7) is 3.54. The van der Waals surface area contributed by atoms with Gasteiger partial charge >= 0.3 is 0 Å². The van der Waals surface area contributed by atoms with E-state index in [0.29, 0.717) is 17.5 Å². The number of halogens is 1. The molecule has 0 amide bonds. The minimum Gasteiger partial charge on any atom is -0.490 e. The third-order valence-corrected chi connectivity index (χ3v) is 3.82. The number of nitrogens with one attached hydrogen (secondary N) is 1. The molecule has 2 rings (SSSR count). The smallest absolute Gasteiger partial charge is 0.172 e. The molecule has 0 aliphatic heterocycles. The molecular formula is C15H20FNO3S. The molecule has 1 aromatic carbocycles. The van der Waals surface area contributed by atoms with Crippen LogP contribution in [-0.4, -0.2) is 24.5 Å². The van der Waals surface area contributed by atoms with Gasteiger partial charge in [-0.05, 0) is 0 Å². The zero-order valence-corrected chi connectivity index (χ0v) is 13.0. The predicted molar refractivity (Wildman–Crippen MR) is 81.3 cm³/mol. The summed E-state index contributed by atoms with van der Waals surface area (Å²) >= 11 is 3.99. The fourth-order valence-corrected chi connectivity index (χ4v) is 2.18. The van der Waals surface area contributed by atoms with E-state index in [0.717, 1.165) is 12.8 Å². The average molecular weight is 313 g/mol.